The van der Waals surface area contributed by atoms with Crippen LogP contribution in [0, 0.1) is 0 Å². The minimum absolute atomic E-state index is 0.0372. The Bertz CT molecular complexity index is 2280. The molecule has 7 aromatic rings. The summed E-state index contributed by atoms with van der Waals surface area (Å²) in [4.78, 5) is 5.07. The van der Waals surface area contributed by atoms with Crippen molar-refractivity contribution in [2.24, 2.45) is 4.99 Å². The van der Waals surface area contributed by atoms with Crippen LogP contribution in [-0.4, -0.2) is 10.4 Å². The van der Waals surface area contributed by atoms with Crippen molar-refractivity contribution in [1.29, 1.82) is 0 Å². The normalized spacial score (nSPS) is 18.2. The number of nitrogens with zero attached hydrogens (tertiary/aromatic N) is 2. The molecule has 0 fully saturated rings. The smallest absolute Gasteiger partial charge is 0.131 e. The highest BCUT2D eigenvalue weighted by Gasteiger charge is 2.36. The van der Waals surface area contributed by atoms with Crippen LogP contribution in [0.2, 0.25) is 0 Å². The number of aromatic nitrogens is 1. The summed E-state index contributed by atoms with van der Waals surface area (Å²) in [5.74, 6) is 0.890. The van der Waals surface area contributed by atoms with Gasteiger partial charge in [0.15, 0.2) is 0 Å². The van der Waals surface area contributed by atoms with Crippen LogP contribution in [0.4, 0.5) is 0 Å². The number of para-hydroxylation sites is 1. The van der Waals surface area contributed by atoms with E-state index in [0.29, 0.717) is 0 Å². The Hall–Kier alpha value is -5.45. The summed E-state index contributed by atoms with van der Waals surface area (Å²) < 4.78 is 2.42. The van der Waals surface area contributed by atoms with Crippen molar-refractivity contribution in [2.45, 2.75) is 31.6 Å². The molecule has 1 aromatic heterocycles. The Balaban J connectivity index is 1.14. The van der Waals surface area contributed by atoms with Gasteiger partial charge in [0, 0.05) is 27.4 Å². The lowest BCUT2D eigenvalue weighted by atomic mass is 9.82. The molecule has 46 heavy (non-hydrogen) atoms. The Morgan fingerprint density at radius 2 is 1.28 bits per heavy atom. The second-order valence-electron chi connectivity index (χ2n) is 12.9. The van der Waals surface area contributed by atoms with Crippen molar-refractivity contribution in [3.8, 4) is 16.8 Å². The fraction of sp³-hybridized carbons (Fsp3) is 0.119. The Morgan fingerprint density at radius 3 is 2.09 bits per heavy atom. The second-order valence-corrected chi connectivity index (χ2v) is 12.9. The predicted molar refractivity (Wildman–Crippen MR) is 190 cm³/mol. The SMILES string of the molecule is CC1(C)c2ccccc2-c2cc3c(cc21)c1ccccc1n3-c1ccc(C2NC(c3ccccc3)=NC(c3ccccc3)N2)cc1. The van der Waals surface area contributed by atoms with Crippen LogP contribution in [0.25, 0.3) is 38.6 Å². The van der Waals surface area contributed by atoms with Crippen molar-refractivity contribution >= 4 is 27.6 Å². The molecule has 2 N–H and O–H groups in total. The predicted octanol–water partition coefficient (Wildman–Crippen LogP) is 9.43. The highest BCUT2D eigenvalue weighted by Crippen LogP contribution is 2.50. The lowest BCUT2D eigenvalue weighted by Crippen LogP contribution is -2.44. The van der Waals surface area contributed by atoms with Gasteiger partial charge in [-0.05, 0) is 63.7 Å². The van der Waals surface area contributed by atoms with E-state index in [2.05, 4.69) is 163 Å². The van der Waals surface area contributed by atoms with Gasteiger partial charge < -0.3 is 9.88 Å². The Kier molecular flexibility index (Phi) is 6.02. The lowest BCUT2D eigenvalue weighted by molar-refractivity contribution is 0.409. The second kappa shape index (κ2) is 10.3. The van der Waals surface area contributed by atoms with Gasteiger partial charge in [-0.3, -0.25) is 5.32 Å². The van der Waals surface area contributed by atoms with Crippen LogP contribution in [0.1, 0.15) is 54.0 Å². The molecule has 2 atom stereocenters. The lowest BCUT2D eigenvalue weighted by Gasteiger charge is -2.32. The molecule has 1 aliphatic heterocycles. The summed E-state index contributed by atoms with van der Waals surface area (Å²) in [6, 6.07) is 52.3. The molecule has 0 saturated heterocycles. The van der Waals surface area contributed by atoms with Gasteiger partial charge in [0.05, 0.1) is 11.0 Å². The van der Waals surface area contributed by atoms with E-state index in [9.17, 15) is 0 Å². The maximum Gasteiger partial charge on any atom is 0.131 e. The number of amidine groups is 1. The highest BCUT2D eigenvalue weighted by atomic mass is 15.3. The van der Waals surface area contributed by atoms with Crippen LogP contribution >= 0.6 is 0 Å². The fourth-order valence-corrected chi connectivity index (χ4v) is 7.54. The fourth-order valence-electron chi connectivity index (χ4n) is 7.54. The van der Waals surface area contributed by atoms with E-state index in [1.165, 1.54) is 44.1 Å². The van der Waals surface area contributed by atoms with Crippen LogP contribution in [0.15, 0.2) is 151 Å². The molecular weight excluding hydrogens is 560 g/mol. The molecule has 0 spiro atoms. The third-order valence-electron chi connectivity index (χ3n) is 9.89. The molecule has 2 unspecified atom stereocenters. The monoisotopic (exact) mass is 594 g/mol. The summed E-state index contributed by atoms with van der Waals surface area (Å²) in [7, 11) is 0. The maximum absolute atomic E-state index is 5.07. The maximum atomic E-state index is 5.07. The van der Waals surface area contributed by atoms with E-state index in [0.717, 1.165) is 28.2 Å². The molecule has 4 nitrogen and oxygen atoms in total. The third kappa shape index (κ3) is 4.14. The molecular formula is C42H34N4. The highest BCUT2D eigenvalue weighted by molar-refractivity contribution is 6.11. The molecule has 1 aliphatic carbocycles. The molecule has 4 heteroatoms. The molecule has 0 radical (unpaired) electrons. The Morgan fingerprint density at radius 1 is 0.587 bits per heavy atom. The van der Waals surface area contributed by atoms with E-state index in [-0.39, 0.29) is 17.7 Å². The summed E-state index contributed by atoms with van der Waals surface area (Å²) >= 11 is 0. The molecule has 0 saturated carbocycles. The molecule has 9 rings (SSSR count). The van der Waals surface area contributed by atoms with Crippen molar-refractivity contribution in [3.63, 3.8) is 0 Å². The quantitative estimate of drug-likeness (QED) is 0.213. The topological polar surface area (TPSA) is 41.4 Å². The van der Waals surface area contributed by atoms with Crippen LogP contribution in [0.5, 0.6) is 0 Å². The number of aliphatic imine (C=N–C) groups is 1. The van der Waals surface area contributed by atoms with Crippen molar-refractivity contribution in [3.05, 3.63) is 173 Å². The van der Waals surface area contributed by atoms with Gasteiger partial charge in [-0.15, -0.1) is 0 Å². The van der Waals surface area contributed by atoms with Gasteiger partial charge in [-0.25, -0.2) is 4.99 Å². The van der Waals surface area contributed by atoms with Crippen molar-refractivity contribution in [1.82, 2.24) is 15.2 Å². The van der Waals surface area contributed by atoms with Gasteiger partial charge in [0.1, 0.15) is 18.2 Å². The van der Waals surface area contributed by atoms with Crippen LogP contribution < -0.4 is 10.6 Å². The van der Waals surface area contributed by atoms with Crippen molar-refractivity contribution < 1.29 is 0 Å². The molecule has 6 aromatic carbocycles. The standard InChI is InChI=1S/C42H34N4/c1-42(2)35-19-11-9-17-31(35)33-26-38-34(25-36(33)42)32-18-10-12-20-37(32)46(38)30-23-21-29(22-24-30)41-44-39(27-13-5-3-6-14-27)43-40(45-41)28-15-7-4-8-16-28/h3-26,39,41,44H,1-2H3,(H,43,45). The van der Waals surface area contributed by atoms with Gasteiger partial charge >= 0.3 is 0 Å². The first-order valence-corrected chi connectivity index (χ1v) is 16.0. The molecule has 0 bridgehead atoms. The number of benzene rings is 6. The number of hydrogen-bond donors (Lipinski definition) is 2. The number of rotatable bonds is 4. The zero-order valence-corrected chi connectivity index (χ0v) is 25.9. The average molecular weight is 595 g/mol. The third-order valence-corrected chi connectivity index (χ3v) is 9.89. The molecule has 0 amide bonds. The molecule has 222 valence electrons. The first-order chi connectivity index (χ1) is 22.6. The van der Waals surface area contributed by atoms with E-state index in [1.54, 1.807) is 0 Å². The number of fused-ring (bicyclic) bond motifs is 6. The van der Waals surface area contributed by atoms with E-state index < -0.39 is 0 Å². The molecule has 2 heterocycles. The summed E-state index contributed by atoms with van der Waals surface area (Å²) in [6.07, 6.45) is -0.263. The number of nitrogens with one attached hydrogen (secondary N) is 2. The van der Waals surface area contributed by atoms with Crippen LogP contribution in [-0.2, 0) is 5.41 Å². The largest absolute Gasteiger partial charge is 0.350 e. The minimum Gasteiger partial charge on any atom is -0.350 e. The van der Waals surface area contributed by atoms with Gasteiger partial charge in [-0.1, -0.05) is 129 Å². The van der Waals surface area contributed by atoms with E-state index in [1.807, 2.05) is 12.1 Å². The number of hydrogen-bond acceptors (Lipinski definition) is 3. The molecule has 2 aliphatic rings. The first kappa shape index (κ1) is 26.9. The average Bonchev–Trinajstić information content (AvgIpc) is 3.56. The van der Waals surface area contributed by atoms with E-state index >= 15 is 0 Å². The first-order valence-electron chi connectivity index (χ1n) is 16.0. The van der Waals surface area contributed by atoms with Gasteiger partial charge in [0.25, 0.3) is 0 Å². The van der Waals surface area contributed by atoms with E-state index in [4.69, 9.17) is 4.99 Å². The summed E-state index contributed by atoms with van der Waals surface area (Å²) in [5.41, 5.74) is 12.4. The summed E-state index contributed by atoms with van der Waals surface area (Å²) in [5, 5.41) is 9.99. The van der Waals surface area contributed by atoms with Gasteiger partial charge in [0.2, 0.25) is 0 Å². The minimum atomic E-state index is -0.158. The summed E-state index contributed by atoms with van der Waals surface area (Å²) in [6.45, 7) is 4.70. The van der Waals surface area contributed by atoms with Gasteiger partial charge in [-0.2, -0.15) is 0 Å². The zero-order valence-electron chi connectivity index (χ0n) is 25.9. The van der Waals surface area contributed by atoms with Crippen LogP contribution in [0.3, 0.4) is 0 Å². The van der Waals surface area contributed by atoms with Crippen molar-refractivity contribution in [2.75, 3.05) is 0 Å². The Labute approximate surface area is 269 Å². The zero-order chi connectivity index (χ0) is 30.8.